The Morgan fingerprint density at radius 1 is 0.903 bits per heavy atom. The Hall–Kier alpha value is -4.06. The van der Waals surface area contributed by atoms with Gasteiger partial charge < -0.3 is 18.7 Å². The molecule has 6 heteroatoms. The number of ether oxygens (including phenoxy) is 2. The number of nitrogens with zero attached hydrogens (tertiary/aromatic N) is 1. The molecule has 0 saturated carbocycles. The summed E-state index contributed by atoms with van der Waals surface area (Å²) in [6.07, 6.45) is 0. The van der Waals surface area contributed by atoms with Crippen molar-refractivity contribution in [2.24, 2.45) is 5.16 Å². The van der Waals surface area contributed by atoms with Gasteiger partial charge in [-0.15, -0.1) is 0 Å². The molecular formula is C25H21NO5. The third kappa shape index (κ3) is 4.59. The Balaban J connectivity index is 1.60. The quantitative estimate of drug-likeness (QED) is 0.317. The SMILES string of the molecule is CO/N=C(/COc1ccc2c(=O)cc(-c3ccccc3)oc2c1)c1ccc(OC)cc1. The standard InChI is InChI=1S/C25H21NO5/c1-28-19-10-8-17(9-11-19)22(26-29-2)16-30-20-12-13-21-23(27)15-24(31-25(21)14-20)18-6-4-3-5-7-18/h3-15H,16H2,1-2H3/b26-22-. The molecule has 4 rings (SSSR count). The van der Waals surface area contributed by atoms with Crippen LogP contribution in [-0.4, -0.2) is 26.5 Å². The van der Waals surface area contributed by atoms with Gasteiger partial charge in [-0.05, 0) is 36.4 Å². The van der Waals surface area contributed by atoms with E-state index >= 15 is 0 Å². The molecule has 6 nitrogen and oxygen atoms in total. The van der Waals surface area contributed by atoms with Crippen molar-refractivity contribution in [3.8, 4) is 22.8 Å². The summed E-state index contributed by atoms with van der Waals surface area (Å²) in [4.78, 5) is 17.5. The summed E-state index contributed by atoms with van der Waals surface area (Å²) < 4.78 is 17.1. The van der Waals surface area contributed by atoms with Crippen LogP contribution in [0.5, 0.6) is 11.5 Å². The summed E-state index contributed by atoms with van der Waals surface area (Å²) in [5.74, 6) is 1.81. The second kappa shape index (κ2) is 9.17. The number of methoxy groups -OCH3 is 1. The molecule has 0 saturated heterocycles. The molecule has 0 bridgehead atoms. The lowest BCUT2D eigenvalue weighted by Crippen LogP contribution is -2.13. The smallest absolute Gasteiger partial charge is 0.193 e. The number of hydrogen-bond acceptors (Lipinski definition) is 6. The highest BCUT2D eigenvalue weighted by atomic mass is 16.6. The molecule has 3 aromatic carbocycles. The van der Waals surface area contributed by atoms with Crippen LogP contribution >= 0.6 is 0 Å². The third-order valence-electron chi connectivity index (χ3n) is 4.76. The van der Waals surface area contributed by atoms with E-state index in [1.54, 1.807) is 25.3 Å². The van der Waals surface area contributed by atoms with Crippen molar-refractivity contribution in [1.29, 1.82) is 0 Å². The lowest BCUT2D eigenvalue weighted by atomic mass is 10.1. The van der Waals surface area contributed by atoms with E-state index in [1.165, 1.54) is 13.2 Å². The van der Waals surface area contributed by atoms with Gasteiger partial charge >= 0.3 is 0 Å². The summed E-state index contributed by atoms with van der Waals surface area (Å²) in [5.41, 5.74) is 2.65. The first kappa shape index (κ1) is 20.2. The molecule has 4 aromatic rings. The lowest BCUT2D eigenvalue weighted by molar-refractivity contribution is 0.210. The van der Waals surface area contributed by atoms with E-state index < -0.39 is 0 Å². The van der Waals surface area contributed by atoms with Crippen LogP contribution < -0.4 is 14.9 Å². The third-order valence-corrected chi connectivity index (χ3v) is 4.76. The fourth-order valence-corrected chi connectivity index (χ4v) is 3.18. The van der Waals surface area contributed by atoms with Gasteiger partial charge in [0.05, 0.1) is 12.5 Å². The average Bonchev–Trinajstić information content (AvgIpc) is 2.82. The molecule has 0 atom stereocenters. The minimum Gasteiger partial charge on any atom is -0.497 e. The maximum atomic E-state index is 12.5. The molecule has 0 spiro atoms. The van der Waals surface area contributed by atoms with Gasteiger partial charge in [-0.2, -0.15) is 0 Å². The Labute approximate surface area is 179 Å². The molecule has 31 heavy (non-hydrogen) atoms. The van der Waals surface area contributed by atoms with Gasteiger partial charge in [0.1, 0.15) is 42.3 Å². The first-order valence-corrected chi connectivity index (χ1v) is 9.68. The Morgan fingerprint density at radius 3 is 2.35 bits per heavy atom. The van der Waals surface area contributed by atoms with Gasteiger partial charge in [0.15, 0.2) is 5.43 Å². The van der Waals surface area contributed by atoms with Crippen LogP contribution in [0.3, 0.4) is 0 Å². The van der Waals surface area contributed by atoms with E-state index in [0.29, 0.717) is 28.2 Å². The largest absolute Gasteiger partial charge is 0.497 e. The fraction of sp³-hybridized carbons (Fsp3) is 0.120. The monoisotopic (exact) mass is 415 g/mol. The Morgan fingerprint density at radius 2 is 1.65 bits per heavy atom. The first-order chi connectivity index (χ1) is 15.2. The average molecular weight is 415 g/mol. The van der Waals surface area contributed by atoms with E-state index in [1.807, 2.05) is 54.6 Å². The molecule has 0 aliphatic heterocycles. The van der Waals surface area contributed by atoms with Crippen molar-refractivity contribution in [3.63, 3.8) is 0 Å². The van der Waals surface area contributed by atoms with Gasteiger partial charge in [-0.3, -0.25) is 4.79 Å². The lowest BCUT2D eigenvalue weighted by Gasteiger charge is -2.10. The zero-order valence-corrected chi connectivity index (χ0v) is 17.2. The fourth-order valence-electron chi connectivity index (χ4n) is 3.18. The Kier molecular flexibility index (Phi) is 5.98. The van der Waals surface area contributed by atoms with E-state index in [4.69, 9.17) is 18.7 Å². The van der Waals surface area contributed by atoms with Crippen LogP contribution in [0.2, 0.25) is 0 Å². The molecule has 0 radical (unpaired) electrons. The Bertz CT molecular complexity index is 1260. The number of oxime groups is 1. The summed E-state index contributed by atoms with van der Waals surface area (Å²) >= 11 is 0. The maximum absolute atomic E-state index is 12.5. The highest BCUT2D eigenvalue weighted by Gasteiger charge is 2.10. The molecule has 0 aliphatic rings. The molecule has 0 amide bonds. The zero-order chi connectivity index (χ0) is 21.6. The van der Waals surface area contributed by atoms with Crippen molar-refractivity contribution in [2.75, 3.05) is 20.8 Å². The predicted octanol–water partition coefficient (Wildman–Crippen LogP) is 4.90. The summed E-state index contributed by atoms with van der Waals surface area (Å²) in [6.45, 7) is 0.175. The molecule has 1 aromatic heterocycles. The second-order valence-electron chi connectivity index (χ2n) is 6.74. The molecule has 156 valence electrons. The highest BCUT2D eigenvalue weighted by molar-refractivity contribution is 6.01. The van der Waals surface area contributed by atoms with Crippen molar-refractivity contribution in [1.82, 2.24) is 0 Å². The predicted molar refractivity (Wildman–Crippen MR) is 120 cm³/mol. The minimum atomic E-state index is -0.105. The molecule has 1 heterocycles. The van der Waals surface area contributed by atoms with Gasteiger partial charge in [0, 0.05) is 23.3 Å². The first-order valence-electron chi connectivity index (χ1n) is 9.68. The van der Waals surface area contributed by atoms with Crippen molar-refractivity contribution in [3.05, 3.63) is 94.6 Å². The van der Waals surface area contributed by atoms with Gasteiger partial charge in [0.2, 0.25) is 0 Å². The number of hydrogen-bond donors (Lipinski definition) is 0. The number of benzene rings is 3. The topological polar surface area (TPSA) is 70.3 Å². The number of rotatable bonds is 7. The zero-order valence-electron chi connectivity index (χ0n) is 17.2. The van der Waals surface area contributed by atoms with Crippen molar-refractivity contribution >= 4 is 16.7 Å². The van der Waals surface area contributed by atoms with Crippen LogP contribution in [0.1, 0.15) is 5.56 Å². The molecule has 0 unspecified atom stereocenters. The van der Waals surface area contributed by atoms with Crippen molar-refractivity contribution < 1.29 is 18.7 Å². The normalized spacial score (nSPS) is 11.4. The van der Waals surface area contributed by atoms with Crippen LogP contribution in [0.4, 0.5) is 0 Å². The summed E-state index contributed by atoms with van der Waals surface area (Å²) in [7, 11) is 3.10. The molecule has 0 N–H and O–H groups in total. The van der Waals surface area contributed by atoms with Crippen LogP contribution in [0.25, 0.3) is 22.3 Å². The summed E-state index contributed by atoms with van der Waals surface area (Å²) in [5, 5.41) is 4.57. The minimum absolute atomic E-state index is 0.105. The van der Waals surface area contributed by atoms with Gasteiger partial charge in [-0.25, -0.2) is 0 Å². The van der Waals surface area contributed by atoms with Gasteiger partial charge in [-0.1, -0.05) is 35.5 Å². The second-order valence-corrected chi connectivity index (χ2v) is 6.74. The van der Waals surface area contributed by atoms with Crippen molar-refractivity contribution in [2.45, 2.75) is 0 Å². The maximum Gasteiger partial charge on any atom is 0.193 e. The van der Waals surface area contributed by atoms with Crippen LogP contribution in [0.15, 0.2) is 93.2 Å². The van der Waals surface area contributed by atoms with Gasteiger partial charge in [0.25, 0.3) is 0 Å². The van der Waals surface area contributed by atoms with E-state index in [2.05, 4.69) is 5.16 Å². The van der Waals surface area contributed by atoms with E-state index in [9.17, 15) is 4.79 Å². The molecular weight excluding hydrogens is 394 g/mol. The van der Waals surface area contributed by atoms with Crippen LogP contribution in [0, 0.1) is 0 Å². The van der Waals surface area contributed by atoms with E-state index in [0.717, 1.165) is 16.9 Å². The number of fused-ring (bicyclic) bond motifs is 1. The summed E-state index contributed by atoms with van der Waals surface area (Å²) in [6, 6.07) is 23.6. The molecule has 0 aliphatic carbocycles. The van der Waals surface area contributed by atoms with E-state index in [-0.39, 0.29) is 12.0 Å². The highest BCUT2D eigenvalue weighted by Crippen LogP contribution is 2.25. The van der Waals surface area contributed by atoms with Crippen LogP contribution in [-0.2, 0) is 4.84 Å². The molecule has 0 fully saturated rings.